The van der Waals surface area contributed by atoms with Crippen LogP contribution >= 0.6 is 0 Å². The predicted molar refractivity (Wildman–Crippen MR) is 39.6 cm³/mol. The Hall–Kier alpha value is -0.400. The number of hydrogen-bond donors (Lipinski definition) is 0. The zero-order valence-corrected chi connectivity index (χ0v) is 6.86. The highest BCUT2D eigenvalue weighted by atomic mass is 19.1. The minimum absolute atomic E-state index is 0.0797. The highest BCUT2D eigenvalue weighted by Gasteiger charge is 2.13. The summed E-state index contributed by atoms with van der Waals surface area (Å²) in [5, 5.41) is 0. The van der Waals surface area contributed by atoms with Gasteiger partial charge in [0.2, 0.25) is 0 Å². The molecule has 1 nitrogen and oxygen atoms in total. The fraction of sp³-hybridized carbons (Fsp3) is 0.875. The Morgan fingerprint density at radius 2 is 2.10 bits per heavy atom. The van der Waals surface area contributed by atoms with Crippen molar-refractivity contribution in [2.24, 2.45) is 5.92 Å². The second kappa shape index (κ2) is 4.42. The van der Waals surface area contributed by atoms with Gasteiger partial charge in [-0.25, -0.2) is 4.39 Å². The third kappa shape index (κ3) is 3.59. The van der Waals surface area contributed by atoms with Crippen molar-refractivity contribution >= 4 is 5.78 Å². The summed E-state index contributed by atoms with van der Waals surface area (Å²) in [4.78, 5) is 10.6. The molecule has 0 aliphatic rings. The zero-order chi connectivity index (χ0) is 8.15. The number of carbonyl (C=O) groups excluding carboxylic acids is 1. The molecule has 60 valence electrons. The van der Waals surface area contributed by atoms with Crippen molar-refractivity contribution in [2.45, 2.75) is 39.8 Å². The molecular formula is C8H15FO. The van der Waals surface area contributed by atoms with E-state index in [1.807, 2.05) is 0 Å². The van der Waals surface area contributed by atoms with Gasteiger partial charge in [0, 0.05) is 5.92 Å². The number of carbonyl (C=O) groups is 1. The first-order chi connectivity index (χ1) is 4.57. The molecule has 0 aliphatic heterocycles. The Morgan fingerprint density at radius 3 is 2.40 bits per heavy atom. The van der Waals surface area contributed by atoms with E-state index in [0.29, 0.717) is 12.8 Å². The van der Waals surface area contributed by atoms with Gasteiger partial charge in [-0.2, -0.15) is 0 Å². The number of rotatable bonds is 4. The maximum atomic E-state index is 12.6. The highest BCUT2D eigenvalue weighted by Crippen LogP contribution is 2.12. The van der Waals surface area contributed by atoms with Crippen molar-refractivity contribution in [3.05, 3.63) is 0 Å². The fourth-order valence-corrected chi connectivity index (χ4v) is 0.716. The topological polar surface area (TPSA) is 17.1 Å². The maximum Gasteiger partial charge on any atom is 0.132 e. The highest BCUT2D eigenvalue weighted by molar-refractivity contribution is 5.77. The van der Waals surface area contributed by atoms with E-state index in [-0.39, 0.29) is 11.7 Å². The SMILES string of the molecule is CC[C@@H](F)C[C@H](C)C(C)=O. The molecule has 0 aromatic rings. The summed E-state index contributed by atoms with van der Waals surface area (Å²) in [5.41, 5.74) is 0. The molecule has 0 fully saturated rings. The third-order valence-electron chi connectivity index (χ3n) is 1.75. The molecule has 0 radical (unpaired) electrons. The van der Waals surface area contributed by atoms with E-state index in [4.69, 9.17) is 0 Å². The van der Waals surface area contributed by atoms with Crippen LogP contribution in [0, 0.1) is 5.92 Å². The first-order valence-corrected chi connectivity index (χ1v) is 3.72. The summed E-state index contributed by atoms with van der Waals surface area (Å²) in [7, 11) is 0. The summed E-state index contributed by atoms with van der Waals surface area (Å²) in [5.74, 6) is -0.0361. The zero-order valence-electron chi connectivity index (χ0n) is 6.86. The first-order valence-electron chi connectivity index (χ1n) is 3.72. The number of ketones is 1. The van der Waals surface area contributed by atoms with Crippen LogP contribution in [0.25, 0.3) is 0 Å². The van der Waals surface area contributed by atoms with Crippen molar-refractivity contribution in [1.29, 1.82) is 0 Å². The van der Waals surface area contributed by atoms with E-state index in [2.05, 4.69) is 0 Å². The van der Waals surface area contributed by atoms with Crippen molar-refractivity contribution in [3.8, 4) is 0 Å². The monoisotopic (exact) mass is 146 g/mol. The van der Waals surface area contributed by atoms with Crippen molar-refractivity contribution in [1.82, 2.24) is 0 Å². The van der Waals surface area contributed by atoms with E-state index in [1.54, 1.807) is 13.8 Å². The Bertz CT molecular complexity index is 112. The van der Waals surface area contributed by atoms with Gasteiger partial charge in [-0.15, -0.1) is 0 Å². The van der Waals surface area contributed by atoms with Gasteiger partial charge in [0.1, 0.15) is 12.0 Å². The quantitative estimate of drug-likeness (QED) is 0.595. The number of alkyl halides is 1. The molecule has 0 saturated carbocycles. The van der Waals surface area contributed by atoms with E-state index in [0.717, 1.165) is 0 Å². The first kappa shape index (κ1) is 9.60. The maximum absolute atomic E-state index is 12.6. The molecule has 0 amide bonds. The lowest BCUT2D eigenvalue weighted by atomic mass is 10.00. The van der Waals surface area contributed by atoms with Crippen molar-refractivity contribution in [3.63, 3.8) is 0 Å². The Morgan fingerprint density at radius 1 is 1.60 bits per heavy atom. The standard InChI is InChI=1S/C8H15FO/c1-4-8(9)5-6(2)7(3)10/h6,8H,4-5H2,1-3H3/t6-,8+/m0/s1. The van der Waals surface area contributed by atoms with Crippen LogP contribution in [0.1, 0.15) is 33.6 Å². The molecule has 0 bridgehead atoms. The second-order valence-electron chi connectivity index (χ2n) is 2.75. The van der Waals surface area contributed by atoms with E-state index in [9.17, 15) is 9.18 Å². The van der Waals surface area contributed by atoms with Crippen LogP contribution in [0.2, 0.25) is 0 Å². The van der Waals surface area contributed by atoms with Crippen LogP contribution in [-0.2, 0) is 4.79 Å². The van der Waals surface area contributed by atoms with Crippen LogP contribution in [0.3, 0.4) is 0 Å². The Labute approximate surface area is 61.6 Å². The van der Waals surface area contributed by atoms with Crippen LogP contribution in [0.5, 0.6) is 0 Å². The van der Waals surface area contributed by atoms with Crippen molar-refractivity contribution in [2.75, 3.05) is 0 Å². The molecule has 2 heteroatoms. The number of hydrogen-bond acceptors (Lipinski definition) is 1. The average Bonchev–Trinajstić information content (AvgIpc) is 1.87. The summed E-state index contributed by atoms with van der Waals surface area (Å²) >= 11 is 0. The molecule has 0 rings (SSSR count). The summed E-state index contributed by atoms with van der Waals surface area (Å²) in [6.45, 7) is 5.06. The normalized spacial score (nSPS) is 16.4. The minimum atomic E-state index is -0.807. The number of Topliss-reactive ketones (excluding diaryl/α,β-unsaturated/α-hetero) is 1. The second-order valence-corrected chi connectivity index (χ2v) is 2.75. The molecule has 0 N–H and O–H groups in total. The molecule has 0 aromatic carbocycles. The summed E-state index contributed by atoms with van der Waals surface area (Å²) in [6, 6.07) is 0. The average molecular weight is 146 g/mol. The van der Waals surface area contributed by atoms with Gasteiger partial charge in [-0.05, 0) is 19.8 Å². The molecule has 0 aliphatic carbocycles. The smallest absolute Gasteiger partial charge is 0.132 e. The minimum Gasteiger partial charge on any atom is -0.300 e. The fourth-order valence-electron chi connectivity index (χ4n) is 0.716. The Balaban J connectivity index is 3.56. The van der Waals surface area contributed by atoms with Gasteiger partial charge in [0.05, 0.1) is 0 Å². The van der Waals surface area contributed by atoms with Gasteiger partial charge in [0.15, 0.2) is 0 Å². The van der Waals surface area contributed by atoms with Gasteiger partial charge in [-0.3, -0.25) is 4.79 Å². The molecule has 0 aromatic heterocycles. The van der Waals surface area contributed by atoms with Gasteiger partial charge >= 0.3 is 0 Å². The van der Waals surface area contributed by atoms with Crippen LogP contribution in [0.15, 0.2) is 0 Å². The third-order valence-corrected chi connectivity index (χ3v) is 1.75. The van der Waals surface area contributed by atoms with Crippen molar-refractivity contribution < 1.29 is 9.18 Å². The lowest BCUT2D eigenvalue weighted by molar-refractivity contribution is -0.120. The van der Waals surface area contributed by atoms with Gasteiger partial charge < -0.3 is 0 Å². The largest absolute Gasteiger partial charge is 0.300 e. The van der Waals surface area contributed by atoms with Crippen LogP contribution in [-0.4, -0.2) is 12.0 Å². The molecule has 0 heterocycles. The molecule has 0 spiro atoms. The van der Waals surface area contributed by atoms with Gasteiger partial charge in [0.25, 0.3) is 0 Å². The molecular weight excluding hydrogens is 131 g/mol. The molecule has 10 heavy (non-hydrogen) atoms. The molecule has 2 atom stereocenters. The van der Waals surface area contributed by atoms with Crippen LogP contribution < -0.4 is 0 Å². The number of halogens is 1. The van der Waals surface area contributed by atoms with E-state index < -0.39 is 6.17 Å². The van der Waals surface area contributed by atoms with Crippen LogP contribution in [0.4, 0.5) is 4.39 Å². The summed E-state index contributed by atoms with van der Waals surface area (Å²) in [6.07, 6.45) is 0.0857. The Kier molecular flexibility index (Phi) is 4.24. The lowest BCUT2D eigenvalue weighted by Gasteiger charge is -2.09. The molecule has 0 unspecified atom stereocenters. The predicted octanol–water partition coefficient (Wildman–Crippen LogP) is 2.35. The van der Waals surface area contributed by atoms with E-state index in [1.165, 1.54) is 6.92 Å². The lowest BCUT2D eigenvalue weighted by Crippen LogP contribution is -2.12. The summed E-state index contributed by atoms with van der Waals surface area (Å²) < 4.78 is 12.6. The molecule has 0 saturated heterocycles. The van der Waals surface area contributed by atoms with E-state index >= 15 is 0 Å². The van der Waals surface area contributed by atoms with Gasteiger partial charge in [-0.1, -0.05) is 13.8 Å².